The van der Waals surface area contributed by atoms with Crippen molar-refractivity contribution < 1.29 is 19.7 Å². The maximum atomic E-state index is 9.66. The molecule has 0 unspecified atom stereocenters. The zero-order valence-electron chi connectivity index (χ0n) is 9.13. The Hall–Kier alpha value is -0.160. The van der Waals surface area contributed by atoms with E-state index in [1.165, 1.54) is 0 Å². The van der Waals surface area contributed by atoms with Gasteiger partial charge in [0.25, 0.3) is 0 Å². The standard InChI is InChI=1S/C11H20O4/c1-2-9(13)10-6-7-5-8(3-4-12)14-11(7)15-10/h7-13H,2-6H2,1H3/t7-,8+,9-,10+,11+/m0/s1. The van der Waals surface area contributed by atoms with Gasteiger partial charge in [-0.15, -0.1) is 0 Å². The van der Waals surface area contributed by atoms with Crippen LogP contribution in [-0.2, 0) is 9.47 Å². The third kappa shape index (κ3) is 2.33. The van der Waals surface area contributed by atoms with Gasteiger partial charge >= 0.3 is 0 Å². The highest BCUT2D eigenvalue weighted by Gasteiger charge is 2.45. The fraction of sp³-hybridized carbons (Fsp3) is 1.00. The minimum Gasteiger partial charge on any atom is -0.396 e. The predicted octanol–water partition coefficient (Wildman–Crippen LogP) is 0.660. The summed E-state index contributed by atoms with van der Waals surface area (Å²) in [5.74, 6) is 0.410. The van der Waals surface area contributed by atoms with E-state index in [0.717, 1.165) is 19.3 Å². The average molecular weight is 216 g/mol. The molecule has 0 saturated carbocycles. The van der Waals surface area contributed by atoms with Gasteiger partial charge in [0.15, 0.2) is 6.29 Å². The van der Waals surface area contributed by atoms with E-state index in [9.17, 15) is 5.11 Å². The number of hydrogen-bond donors (Lipinski definition) is 2. The monoisotopic (exact) mass is 216 g/mol. The summed E-state index contributed by atoms with van der Waals surface area (Å²) in [4.78, 5) is 0. The minimum atomic E-state index is -0.365. The Morgan fingerprint density at radius 2 is 2.13 bits per heavy atom. The summed E-state index contributed by atoms with van der Waals surface area (Å²) in [7, 11) is 0. The van der Waals surface area contributed by atoms with Gasteiger partial charge in [-0.25, -0.2) is 0 Å². The molecular formula is C11H20O4. The van der Waals surface area contributed by atoms with Gasteiger partial charge in [-0.3, -0.25) is 0 Å². The fourth-order valence-electron chi connectivity index (χ4n) is 2.52. The largest absolute Gasteiger partial charge is 0.396 e. The number of aliphatic hydroxyl groups is 2. The first-order chi connectivity index (χ1) is 7.24. The summed E-state index contributed by atoms with van der Waals surface area (Å²) in [5, 5.41) is 18.5. The second-order valence-corrected chi connectivity index (χ2v) is 4.52. The van der Waals surface area contributed by atoms with E-state index in [1.807, 2.05) is 6.92 Å². The quantitative estimate of drug-likeness (QED) is 0.724. The summed E-state index contributed by atoms with van der Waals surface area (Å²) < 4.78 is 11.3. The van der Waals surface area contributed by atoms with E-state index >= 15 is 0 Å². The number of fused-ring (bicyclic) bond motifs is 1. The first-order valence-corrected chi connectivity index (χ1v) is 5.84. The normalized spacial score (nSPS) is 41.8. The van der Waals surface area contributed by atoms with Crippen LogP contribution in [0.3, 0.4) is 0 Å². The summed E-state index contributed by atoms with van der Waals surface area (Å²) >= 11 is 0. The highest BCUT2D eigenvalue weighted by molar-refractivity contribution is 4.88. The molecule has 15 heavy (non-hydrogen) atoms. The third-order valence-corrected chi connectivity index (χ3v) is 3.42. The molecule has 0 aromatic heterocycles. The number of rotatable bonds is 4. The van der Waals surface area contributed by atoms with E-state index in [-0.39, 0.29) is 31.2 Å². The molecule has 0 amide bonds. The SMILES string of the molecule is CC[C@H](O)[C@H]1C[C@@H]2C[C@@H](CCO)O[C@@H]2O1. The van der Waals surface area contributed by atoms with Crippen molar-refractivity contribution in [1.29, 1.82) is 0 Å². The number of ether oxygens (including phenoxy) is 2. The van der Waals surface area contributed by atoms with Gasteiger partial charge in [0.2, 0.25) is 0 Å². The maximum absolute atomic E-state index is 9.66. The molecular weight excluding hydrogens is 196 g/mol. The van der Waals surface area contributed by atoms with E-state index < -0.39 is 0 Å². The Morgan fingerprint density at radius 1 is 1.33 bits per heavy atom. The van der Waals surface area contributed by atoms with Crippen molar-refractivity contribution in [1.82, 2.24) is 0 Å². The maximum Gasteiger partial charge on any atom is 0.161 e. The first-order valence-electron chi connectivity index (χ1n) is 5.84. The summed E-state index contributed by atoms with van der Waals surface area (Å²) in [6.07, 6.45) is 2.84. The topological polar surface area (TPSA) is 58.9 Å². The van der Waals surface area contributed by atoms with Crippen LogP contribution in [0.5, 0.6) is 0 Å². The summed E-state index contributed by atoms with van der Waals surface area (Å²) in [5.41, 5.74) is 0. The molecule has 88 valence electrons. The van der Waals surface area contributed by atoms with Crippen LogP contribution in [0.1, 0.15) is 32.6 Å². The van der Waals surface area contributed by atoms with Crippen LogP contribution < -0.4 is 0 Å². The highest BCUT2D eigenvalue weighted by Crippen LogP contribution is 2.40. The molecule has 2 heterocycles. The molecule has 2 rings (SSSR count). The molecule has 2 N–H and O–H groups in total. The Labute approximate surface area is 90.2 Å². The van der Waals surface area contributed by atoms with Gasteiger partial charge in [0.1, 0.15) is 0 Å². The van der Waals surface area contributed by atoms with Crippen molar-refractivity contribution in [3.63, 3.8) is 0 Å². The van der Waals surface area contributed by atoms with Crippen molar-refractivity contribution in [2.75, 3.05) is 6.61 Å². The van der Waals surface area contributed by atoms with Crippen LogP contribution in [-0.4, -0.2) is 41.4 Å². The van der Waals surface area contributed by atoms with Gasteiger partial charge in [-0.1, -0.05) is 6.92 Å². The zero-order chi connectivity index (χ0) is 10.8. The van der Waals surface area contributed by atoms with Gasteiger partial charge in [-0.05, 0) is 25.7 Å². The molecule has 0 spiro atoms. The van der Waals surface area contributed by atoms with Gasteiger partial charge in [-0.2, -0.15) is 0 Å². The second-order valence-electron chi connectivity index (χ2n) is 4.52. The minimum absolute atomic E-state index is 0.0555. The molecule has 0 aromatic carbocycles. The molecule has 2 saturated heterocycles. The Morgan fingerprint density at radius 3 is 2.73 bits per heavy atom. The average Bonchev–Trinajstić information content (AvgIpc) is 2.74. The second kappa shape index (κ2) is 4.78. The zero-order valence-corrected chi connectivity index (χ0v) is 9.13. The molecule has 0 aromatic rings. The van der Waals surface area contributed by atoms with Crippen LogP contribution in [0.15, 0.2) is 0 Å². The lowest BCUT2D eigenvalue weighted by molar-refractivity contribution is -0.159. The van der Waals surface area contributed by atoms with Gasteiger partial charge in [0, 0.05) is 12.5 Å². The lowest BCUT2D eigenvalue weighted by Crippen LogP contribution is -2.27. The van der Waals surface area contributed by atoms with Crippen LogP contribution in [0.2, 0.25) is 0 Å². The van der Waals surface area contributed by atoms with Crippen molar-refractivity contribution in [3.8, 4) is 0 Å². The Bertz CT molecular complexity index is 195. The Balaban J connectivity index is 1.82. The summed E-state index contributed by atoms with van der Waals surface area (Å²) in [6.45, 7) is 2.13. The Kier molecular flexibility index (Phi) is 3.61. The van der Waals surface area contributed by atoms with Crippen LogP contribution >= 0.6 is 0 Å². The molecule has 2 aliphatic heterocycles. The molecule has 0 radical (unpaired) electrons. The molecule has 2 aliphatic rings. The molecule has 0 aliphatic carbocycles. The molecule has 2 fully saturated rings. The highest BCUT2D eigenvalue weighted by atomic mass is 16.7. The predicted molar refractivity (Wildman–Crippen MR) is 54.3 cm³/mol. The van der Waals surface area contributed by atoms with Crippen LogP contribution in [0, 0.1) is 5.92 Å². The van der Waals surface area contributed by atoms with Crippen molar-refractivity contribution in [2.45, 2.75) is 57.2 Å². The molecule has 5 atom stereocenters. The fourth-order valence-corrected chi connectivity index (χ4v) is 2.52. The lowest BCUT2D eigenvalue weighted by atomic mass is 9.96. The number of hydrogen-bond acceptors (Lipinski definition) is 4. The molecule has 0 bridgehead atoms. The van der Waals surface area contributed by atoms with E-state index in [4.69, 9.17) is 14.6 Å². The van der Waals surface area contributed by atoms with E-state index in [1.54, 1.807) is 0 Å². The van der Waals surface area contributed by atoms with Gasteiger partial charge < -0.3 is 19.7 Å². The van der Waals surface area contributed by atoms with E-state index in [0.29, 0.717) is 12.3 Å². The van der Waals surface area contributed by atoms with Crippen molar-refractivity contribution in [3.05, 3.63) is 0 Å². The molecule has 4 heteroatoms. The number of aliphatic hydroxyl groups excluding tert-OH is 2. The molecule has 4 nitrogen and oxygen atoms in total. The van der Waals surface area contributed by atoms with E-state index in [2.05, 4.69) is 0 Å². The van der Waals surface area contributed by atoms with Crippen molar-refractivity contribution in [2.24, 2.45) is 5.92 Å². The third-order valence-electron chi connectivity index (χ3n) is 3.42. The smallest absolute Gasteiger partial charge is 0.161 e. The van der Waals surface area contributed by atoms with Crippen LogP contribution in [0.25, 0.3) is 0 Å². The first kappa shape index (κ1) is 11.3. The van der Waals surface area contributed by atoms with Gasteiger partial charge in [0.05, 0.1) is 18.3 Å². The van der Waals surface area contributed by atoms with Crippen molar-refractivity contribution >= 4 is 0 Å². The summed E-state index contributed by atoms with van der Waals surface area (Å²) in [6, 6.07) is 0. The van der Waals surface area contributed by atoms with Crippen LogP contribution in [0.4, 0.5) is 0 Å². The lowest BCUT2D eigenvalue weighted by Gasteiger charge is -2.19.